The number of fused-ring (bicyclic) bond motifs is 1. The average Bonchev–Trinajstić information content (AvgIpc) is 2.80. The molecule has 3 rings (SSSR count). The van der Waals surface area contributed by atoms with Gasteiger partial charge in [-0.1, -0.05) is 6.92 Å². The molecule has 2 aromatic rings. The topological polar surface area (TPSA) is 84.0 Å². The molecule has 8 heteroatoms. The van der Waals surface area contributed by atoms with Gasteiger partial charge in [0.05, 0.1) is 11.7 Å². The minimum absolute atomic E-state index is 0.0910. The SMILES string of the molecule is CO[C@@H]1CN(C)C(=O)c2cc(NC(C)=O)ccc2OC[C@H](C)N(Cc2ccncc2)C[C@H]1C. The summed E-state index contributed by atoms with van der Waals surface area (Å²) in [6.45, 7) is 8.12. The van der Waals surface area contributed by atoms with Crippen LogP contribution >= 0.6 is 0 Å². The second-order valence-corrected chi connectivity index (χ2v) is 8.77. The molecular weight excluding hydrogens is 420 g/mol. The zero-order chi connectivity index (χ0) is 24.0. The molecule has 33 heavy (non-hydrogen) atoms. The van der Waals surface area contributed by atoms with Crippen molar-refractivity contribution in [2.45, 2.75) is 39.5 Å². The van der Waals surface area contributed by atoms with E-state index < -0.39 is 0 Å². The molecular formula is C25H34N4O4. The number of methoxy groups -OCH3 is 1. The molecule has 178 valence electrons. The predicted octanol–water partition coefficient (Wildman–Crippen LogP) is 3.05. The highest BCUT2D eigenvalue weighted by molar-refractivity contribution is 5.99. The molecule has 0 spiro atoms. The van der Waals surface area contributed by atoms with Crippen molar-refractivity contribution < 1.29 is 19.1 Å². The lowest BCUT2D eigenvalue weighted by Gasteiger charge is -2.36. The van der Waals surface area contributed by atoms with Crippen molar-refractivity contribution in [1.29, 1.82) is 0 Å². The molecule has 3 atom stereocenters. The van der Waals surface area contributed by atoms with Crippen LogP contribution in [0, 0.1) is 5.92 Å². The van der Waals surface area contributed by atoms with Crippen LogP contribution < -0.4 is 10.1 Å². The van der Waals surface area contributed by atoms with Gasteiger partial charge in [0.25, 0.3) is 5.91 Å². The first-order valence-electron chi connectivity index (χ1n) is 11.2. The maximum absolute atomic E-state index is 13.3. The summed E-state index contributed by atoms with van der Waals surface area (Å²) in [5, 5.41) is 2.74. The molecule has 1 aliphatic heterocycles. The van der Waals surface area contributed by atoms with Crippen LogP contribution in [0.4, 0.5) is 5.69 Å². The van der Waals surface area contributed by atoms with E-state index in [9.17, 15) is 9.59 Å². The highest BCUT2D eigenvalue weighted by Crippen LogP contribution is 2.26. The minimum atomic E-state index is -0.196. The number of likely N-dealkylation sites (N-methyl/N-ethyl adjacent to an activating group) is 1. The van der Waals surface area contributed by atoms with E-state index in [1.807, 2.05) is 12.1 Å². The molecule has 0 fully saturated rings. The quantitative estimate of drug-likeness (QED) is 0.765. The molecule has 1 aliphatic rings. The fourth-order valence-corrected chi connectivity index (χ4v) is 4.08. The summed E-state index contributed by atoms with van der Waals surface area (Å²) in [4.78, 5) is 33.0. The lowest BCUT2D eigenvalue weighted by Crippen LogP contribution is -2.46. The van der Waals surface area contributed by atoms with Gasteiger partial charge in [-0.25, -0.2) is 0 Å². The van der Waals surface area contributed by atoms with E-state index in [0.29, 0.717) is 30.2 Å². The van der Waals surface area contributed by atoms with E-state index in [1.54, 1.807) is 49.7 Å². The van der Waals surface area contributed by atoms with Gasteiger partial charge in [0.2, 0.25) is 5.91 Å². The zero-order valence-corrected chi connectivity index (χ0v) is 20.1. The van der Waals surface area contributed by atoms with Crippen LogP contribution in [0.3, 0.4) is 0 Å². The second-order valence-electron chi connectivity index (χ2n) is 8.77. The van der Waals surface area contributed by atoms with Crippen molar-refractivity contribution in [3.63, 3.8) is 0 Å². The van der Waals surface area contributed by atoms with Gasteiger partial charge in [0.1, 0.15) is 12.4 Å². The Morgan fingerprint density at radius 3 is 2.61 bits per heavy atom. The fourth-order valence-electron chi connectivity index (χ4n) is 4.08. The van der Waals surface area contributed by atoms with Gasteiger partial charge < -0.3 is 19.7 Å². The van der Waals surface area contributed by atoms with Crippen LogP contribution in [0.5, 0.6) is 5.75 Å². The number of nitrogens with one attached hydrogen (secondary N) is 1. The van der Waals surface area contributed by atoms with Crippen molar-refractivity contribution in [1.82, 2.24) is 14.8 Å². The number of ether oxygens (including phenoxy) is 2. The van der Waals surface area contributed by atoms with Crippen LogP contribution in [-0.2, 0) is 16.1 Å². The summed E-state index contributed by atoms with van der Waals surface area (Å²) in [5.41, 5.74) is 2.15. The van der Waals surface area contributed by atoms with Crippen LogP contribution in [0.1, 0.15) is 36.7 Å². The number of nitrogens with zero attached hydrogens (tertiary/aromatic N) is 3. The molecule has 1 aromatic carbocycles. The Hall–Kier alpha value is -2.97. The average molecular weight is 455 g/mol. The Bertz CT molecular complexity index is 953. The predicted molar refractivity (Wildman–Crippen MR) is 127 cm³/mol. The fraction of sp³-hybridized carbons (Fsp3) is 0.480. The Morgan fingerprint density at radius 1 is 1.21 bits per heavy atom. The Balaban J connectivity index is 1.94. The van der Waals surface area contributed by atoms with Gasteiger partial charge in [-0.05, 0) is 48.7 Å². The first-order chi connectivity index (χ1) is 15.8. The second kappa shape index (κ2) is 11.2. The van der Waals surface area contributed by atoms with E-state index in [0.717, 1.165) is 13.1 Å². The van der Waals surface area contributed by atoms with Crippen molar-refractivity contribution >= 4 is 17.5 Å². The number of benzene rings is 1. The van der Waals surface area contributed by atoms with E-state index in [4.69, 9.17) is 9.47 Å². The summed E-state index contributed by atoms with van der Waals surface area (Å²) in [6.07, 6.45) is 3.48. The van der Waals surface area contributed by atoms with Crippen molar-refractivity contribution in [3.8, 4) is 5.75 Å². The molecule has 0 aliphatic carbocycles. The van der Waals surface area contributed by atoms with E-state index in [1.165, 1.54) is 12.5 Å². The summed E-state index contributed by atoms with van der Waals surface area (Å²) in [7, 11) is 3.45. The van der Waals surface area contributed by atoms with E-state index >= 15 is 0 Å². The smallest absolute Gasteiger partial charge is 0.257 e. The molecule has 1 N–H and O–H groups in total. The van der Waals surface area contributed by atoms with Gasteiger partial charge in [0.15, 0.2) is 0 Å². The van der Waals surface area contributed by atoms with Gasteiger partial charge in [0, 0.05) is 64.8 Å². The lowest BCUT2D eigenvalue weighted by molar-refractivity contribution is -0.114. The third-order valence-electron chi connectivity index (χ3n) is 6.03. The number of anilines is 1. The number of hydrogen-bond acceptors (Lipinski definition) is 6. The Labute approximate surface area is 195 Å². The maximum atomic E-state index is 13.3. The number of rotatable bonds is 4. The molecule has 2 amide bonds. The highest BCUT2D eigenvalue weighted by atomic mass is 16.5. The Kier molecular flexibility index (Phi) is 8.41. The molecule has 0 radical (unpaired) electrons. The minimum Gasteiger partial charge on any atom is -0.491 e. The van der Waals surface area contributed by atoms with E-state index in [-0.39, 0.29) is 29.9 Å². The van der Waals surface area contributed by atoms with Gasteiger partial charge in [-0.3, -0.25) is 19.5 Å². The molecule has 2 heterocycles. The largest absolute Gasteiger partial charge is 0.491 e. The summed E-state index contributed by atoms with van der Waals surface area (Å²) in [6, 6.07) is 9.30. The standard InChI is InChI=1S/C25H34N4O4/c1-17-13-29(14-20-8-10-26-11-9-20)18(2)16-33-23-7-6-21(27-19(3)30)12-22(23)25(31)28(4)15-24(17)32-5/h6-12,17-18,24H,13-16H2,1-5H3,(H,27,30)/t17-,18+,24-/m1/s1. The van der Waals surface area contributed by atoms with Crippen molar-refractivity contribution in [3.05, 3.63) is 53.9 Å². The lowest BCUT2D eigenvalue weighted by atomic mass is 10.0. The van der Waals surface area contributed by atoms with Crippen LogP contribution in [-0.4, -0.2) is 72.6 Å². The van der Waals surface area contributed by atoms with Crippen LogP contribution in [0.15, 0.2) is 42.7 Å². The van der Waals surface area contributed by atoms with Gasteiger partial charge >= 0.3 is 0 Å². The Morgan fingerprint density at radius 2 is 1.94 bits per heavy atom. The van der Waals surface area contributed by atoms with Gasteiger partial charge in [-0.2, -0.15) is 0 Å². The van der Waals surface area contributed by atoms with Crippen LogP contribution in [0.2, 0.25) is 0 Å². The zero-order valence-electron chi connectivity index (χ0n) is 20.1. The molecule has 0 saturated heterocycles. The molecule has 0 saturated carbocycles. The van der Waals surface area contributed by atoms with Crippen molar-refractivity contribution in [2.75, 3.05) is 39.2 Å². The van der Waals surface area contributed by atoms with Crippen molar-refractivity contribution in [2.24, 2.45) is 5.92 Å². The van der Waals surface area contributed by atoms with Crippen LogP contribution in [0.25, 0.3) is 0 Å². The summed E-state index contributed by atoms with van der Waals surface area (Å²) in [5.74, 6) is 0.310. The number of hydrogen-bond donors (Lipinski definition) is 1. The highest BCUT2D eigenvalue weighted by Gasteiger charge is 2.28. The summed E-state index contributed by atoms with van der Waals surface area (Å²) < 4.78 is 12.0. The third kappa shape index (κ3) is 6.52. The van der Waals surface area contributed by atoms with Gasteiger partial charge in [-0.15, -0.1) is 0 Å². The number of aromatic nitrogens is 1. The first-order valence-corrected chi connectivity index (χ1v) is 11.2. The molecule has 0 bridgehead atoms. The first kappa shape index (κ1) is 24.7. The molecule has 0 unspecified atom stereocenters. The summed E-state index contributed by atoms with van der Waals surface area (Å²) >= 11 is 0. The monoisotopic (exact) mass is 454 g/mol. The number of pyridine rings is 1. The number of carbonyl (C=O) groups is 2. The molecule has 1 aromatic heterocycles. The third-order valence-corrected chi connectivity index (χ3v) is 6.03. The van der Waals surface area contributed by atoms with E-state index in [2.05, 4.69) is 29.0 Å². The molecule has 8 nitrogen and oxygen atoms in total. The number of carbonyl (C=O) groups excluding carboxylic acids is 2. The normalized spacial score (nSPS) is 22.5. The number of amides is 2. The maximum Gasteiger partial charge on any atom is 0.257 e.